The zero-order chi connectivity index (χ0) is 10.6. The summed E-state index contributed by atoms with van der Waals surface area (Å²) in [6, 6.07) is 0.178. The van der Waals surface area contributed by atoms with Crippen LogP contribution in [0.15, 0.2) is 6.20 Å². The number of hydrogen-bond donors (Lipinski definition) is 1. The van der Waals surface area contributed by atoms with Crippen LogP contribution in [-0.4, -0.2) is 33.4 Å². The zero-order valence-corrected chi connectivity index (χ0v) is 7.97. The van der Waals surface area contributed by atoms with Gasteiger partial charge in [-0.3, -0.25) is 4.79 Å². The molecule has 6 nitrogen and oxygen atoms in total. The van der Waals surface area contributed by atoms with Crippen LogP contribution < -0.4 is 4.74 Å². The van der Waals surface area contributed by atoms with Gasteiger partial charge in [0.15, 0.2) is 0 Å². The van der Waals surface area contributed by atoms with Crippen molar-refractivity contribution in [1.29, 1.82) is 0 Å². The van der Waals surface area contributed by atoms with Gasteiger partial charge in [0, 0.05) is 6.42 Å². The largest absolute Gasteiger partial charge is 0.481 e. The van der Waals surface area contributed by atoms with E-state index in [1.165, 1.54) is 13.3 Å². The van der Waals surface area contributed by atoms with Gasteiger partial charge in [0.2, 0.25) is 0 Å². The molecule has 0 saturated carbocycles. The quantitative estimate of drug-likeness (QED) is 0.739. The maximum absolute atomic E-state index is 10.5. The predicted octanol–water partition coefficient (Wildman–Crippen LogP) is 0.143. The van der Waals surface area contributed by atoms with Crippen molar-refractivity contribution in [1.82, 2.24) is 15.2 Å². The third-order valence-corrected chi connectivity index (χ3v) is 1.71. The minimum Gasteiger partial charge on any atom is -0.481 e. The molecule has 1 aromatic rings. The van der Waals surface area contributed by atoms with Gasteiger partial charge in [-0.1, -0.05) is 12.0 Å². The molecule has 0 fully saturated rings. The van der Waals surface area contributed by atoms with Crippen molar-refractivity contribution < 1.29 is 14.6 Å². The van der Waals surface area contributed by atoms with Gasteiger partial charge in [-0.15, -0.1) is 5.10 Å². The van der Waals surface area contributed by atoms with Crippen molar-refractivity contribution in [2.75, 3.05) is 7.11 Å². The van der Waals surface area contributed by atoms with Crippen molar-refractivity contribution in [3.63, 3.8) is 0 Å². The van der Waals surface area contributed by atoms with E-state index in [0.29, 0.717) is 12.1 Å². The first-order valence-electron chi connectivity index (χ1n) is 4.09. The number of methoxy groups -OCH3 is 1. The summed E-state index contributed by atoms with van der Waals surface area (Å²) in [6.07, 6.45) is 1.78. The minimum atomic E-state index is -0.859. The summed E-state index contributed by atoms with van der Waals surface area (Å²) in [4.78, 5) is 14.4. The van der Waals surface area contributed by atoms with E-state index in [0.717, 1.165) is 0 Å². The average Bonchev–Trinajstić information content (AvgIpc) is 2.19. The lowest BCUT2D eigenvalue weighted by Crippen LogP contribution is -2.13. The number of hydrogen-bond acceptors (Lipinski definition) is 5. The number of rotatable bonds is 4. The Balaban J connectivity index is 2.64. The standard InChI is InChI=1S/C8H11N3O3/c1-5(7(12)13)3-6-4-9-8(14-2)11-10-6/h4-5H,3H2,1-2H3,(H,12,13). The fourth-order valence-electron chi connectivity index (χ4n) is 0.876. The van der Waals surface area contributed by atoms with Crippen LogP contribution in [0.4, 0.5) is 0 Å². The number of aromatic nitrogens is 3. The third kappa shape index (κ3) is 2.65. The fraction of sp³-hybridized carbons (Fsp3) is 0.500. The minimum absolute atomic E-state index is 0.178. The Bertz CT molecular complexity index is 312. The SMILES string of the molecule is COc1ncc(CC(C)C(=O)O)nn1. The monoisotopic (exact) mass is 197 g/mol. The smallest absolute Gasteiger partial charge is 0.335 e. The van der Waals surface area contributed by atoms with Gasteiger partial charge in [-0.2, -0.15) is 0 Å². The summed E-state index contributed by atoms with van der Waals surface area (Å²) in [7, 11) is 1.44. The molecule has 14 heavy (non-hydrogen) atoms. The van der Waals surface area contributed by atoms with Crippen LogP contribution in [0.25, 0.3) is 0 Å². The molecule has 0 aliphatic carbocycles. The lowest BCUT2D eigenvalue weighted by molar-refractivity contribution is -0.141. The van der Waals surface area contributed by atoms with Gasteiger partial charge in [-0.05, 0) is 0 Å². The number of carboxylic acids is 1. The van der Waals surface area contributed by atoms with Gasteiger partial charge in [0.1, 0.15) is 0 Å². The first kappa shape index (κ1) is 10.4. The molecule has 0 bridgehead atoms. The predicted molar refractivity (Wildman–Crippen MR) is 46.9 cm³/mol. The van der Waals surface area contributed by atoms with E-state index in [-0.39, 0.29) is 6.01 Å². The Morgan fingerprint density at radius 2 is 2.36 bits per heavy atom. The van der Waals surface area contributed by atoms with Gasteiger partial charge in [0.25, 0.3) is 0 Å². The van der Waals surface area contributed by atoms with Crippen LogP contribution in [0.5, 0.6) is 6.01 Å². The lowest BCUT2D eigenvalue weighted by atomic mass is 10.1. The van der Waals surface area contributed by atoms with Crippen molar-refractivity contribution in [3.05, 3.63) is 11.9 Å². The second-order valence-electron chi connectivity index (χ2n) is 2.88. The second-order valence-corrected chi connectivity index (χ2v) is 2.88. The summed E-state index contributed by atoms with van der Waals surface area (Å²) in [5.74, 6) is -1.35. The van der Waals surface area contributed by atoms with E-state index in [1.807, 2.05) is 0 Å². The normalized spacial score (nSPS) is 12.1. The Hall–Kier alpha value is -1.72. The molecule has 0 saturated heterocycles. The van der Waals surface area contributed by atoms with Crippen LogP contribution in [0, 0.1) is 5.92 Å². The van der Waals surface area contributed by atoms with Crippen molar-refractivity contribution >= 4 is 5.97 Å². The highest BCUT2D eigenvalue weighted by atomic mass is 16.5. The fourth-order valence-corrected chi connectivity index (χ4v) is 0.876. The molecule has 1 atom stereocenters. The molecule has 1 rings (SSSR count). The van der Waals surface area contributed by atoms with Gasteiger partial charge >= 0.3 is 12.0 Å². The zero-order valence-electron chi connectivity index (χ0n) is 7.97. The van der Waals surface area contributed by atoms with Crippen LogP contribution in [0.2, 0.25) is 0 Å². The number of aliphatic carboxylic acids is 1. The average molecular weight is 197 g/mol. The van der Waals surface area contributed by atoms with Gasteiger partial charge < -0.3 is 9.84 Å². The van der Waals surface area contributed by atoms with Crippen molar-refractivity contribution in [3.8, 4) is 6.01 Å². The first-order chi connectivity index (χ1) is 6.63. The molecule has 0 aliphatic heterocycles. The van der Waals surface area contributed by atoms with E-state index >= 15 is 0 Å². The summed E-state index contributed by atoms with van der Waals surface area (Å²) < 4.78 is 4.72. The second kappa shape index (κ2) is 4.50. The molecular weight excluding hydrogens is 186 g/mol. The maximum Gasteiger partial charge on any atom is 0.335 e. The number of ether oxygens (including phenoxy) is 1. The van der Waals surface area contributed by atoms with Crippen LogP contribution in [-0.2, 0) is 11.2 Å². The summed E-state index contributed by atoms with van der Waals surface area (Å²) in [5, 5.41) is 16.1. The molecule has 1 aromatic heterocycles. The summed E-state index contributed by atoms with van der Waals surface area (Å²) in [5.41, 5.74) is 0.542. The number of carboxylic acid groups (broad SMARTS) is 1. The van der Waals surface area contributed by atoms with Crippen LogP contribution in [0.3, 0.4) is 0 Å². The molecule has 1 heterocycles. The highest BCUT2D eigenvalue weighted by molar-refractivity contribution is 5.69. The molecule has 0 amide bonds. The highest BCUT2D eigenvalue weighted by Gasteiger charge is 2.12. The molecule has 0 radical (unpaired) electrons. The molecule has 6 heteroatoms. The molecule has 0 aromatic carbocycles. The number of carbonyl (C=O) groups is 1. The summed E-state index contributed by atoms with van der Waals surface area (Å²) >= 11 is 0. The molecule has 0 aliphatic rings. The van der Waals surface area contributed by atoms with Crippen LogP contribution >= 0.6 is 0 Å². The van der Waals surface area contributed by atoms with E-state index in [9.17, 15) is 4.79 Å². The summed E-state index contributed by atoms with van der Waals surface area (Å²) in [6.45, 7) is 1.61. The van der Waals surface area contributed by atoms with Crippen molar-refractivity contribution in [2.24, 2.45) is 5.92 Å². The third-order valence-electron chi connectivity index (χ3n) is 1.71. The Morgan fingerprint density at radius 3 is 2.79 bits per heavy atom. The Kier molecular flexibility index (Phi) is 3.33. The lowest BCUT2D eigenvalue weighted by Gasteiger charge is -2.03. The molecule has 76 valence electrons. The highest BCUT2D eigenvalue weighted by Crippen LogP contribution is 2.05. The first-order valence-corrected chi connectivity index (χ1v) is 4.09. The molecular formula is C8H11N3O3. The van der Waals surface area contributed by atoms with E-state index in [1.54, 1.807) is 6.92 Å². The molecule has 1 unspecified atom stereocenters. The van der Waals surface area contributed by atoms with E-state index < -0.39 is 11.9 Å². The van der Waals surface area contributed by atoms with Crippen molar-refractivity contribution in [2.45, 2.75) is 13.3 Å². The molecule has 1 N–H and O–H groups in total. The Morgan fingerprint density at radius 1 is 1.64 bits per heavy atom. The van der Waals surface area contributed by atoms with E-state index in [4.69, 9.17) is 9.84 Å². The van der Waals surface area contributed by atoms with Gasteiger partial charge in [-0.25, -0.2) is 4.98 Å². The topological polar surface area (TPSA) is 85.2 Å². The number of nitrogens with zero attached hydrogens (tertiary/aromatic N) is 3. The van der Waals surface area contributed by atoms with Crippen LogP contribution in [0.1, 0.15) is 12.6 Å². The molecule has 0 spiro atoms. The van der Waals surface area contributed by atoms with E-state index in [2.05, 4.69) is 15.2 Å². The Labute approximate surface area is 81.0 Å². The van der Waals surface area contributed by atoms with Gasteiger partial charge in [0.05, 0.1) is 24.9 Å². The maximum atomic E-state index is 10.5.